The van der Waals surface area contributed by atoms with E-state index in [0.29, 0.717) is 11.2 Å². The lowest BCUT2D eigenvalue weighted by atomic mass is 9.89. The molecule has 0 N–H and O–H groups in total. The first kappa shape index (κ1) is 18.0. The topological polar surface area (TPSA) is 18.5 Å². The summed E-state index contributed by atoms with van der Waals surface area (Å²) >= 11 is 5.68. The number of hydrogen-bond acceptors (Lipinski definition) is 3. The van der Waals surface area contributed by atoms with Crippen molar-refractivity contribution in [2.45, 2.75) is 38.4 Å². The molecule has 3 unspecified atom stereocenters. The molecule has 4 heteroatoms. The van der Waals surface area contributed by atoms with Gasteiger partial charge in [-0.3, -0.25) is 0 Å². The van der Waals surface area contributed by atoms with Gasteiger partial charge < -0.3 is 9.47 Å². The molecule has 1 aromatic carbocycles. The van der Waals surface area contributed by atoms with Gasteiger partial charge in [0.1, 0.15) is 0 Å². The first-order valence-electron chi connectivity index (χ1n) is 8.03. The maximum Gasteiger partial charge on any atom is 0.161 e. The van der Waals surface area contributed by atoms with E-state index in [1.807, 2.05) is 0 Å². The average molecular weight is 387 g/mol. The number of halogens is 1. The molecule has 0 radical (unpaired) electrons. The summed E-state index contributed by atoms with van der Waals surface area (Å²) in [6, 6.07) is 4.38. The number of rotatable bonds is 7. The summed E-state index contributed by atoms with van der Waals surface area (Å²) in [4.78, 5) is 0. The highest BCUT2D eigenvalue weighted by atomic mass is 79.9. The quantitative estimate of drug-likeness (QED) is 0.577. The Bertz CT molecular complexity index is 492. The summed E-state index contributed by atoms with van der Waals surface area (Å²) in [6.45, 7) is 4.71. The summed E-state index contributed by atoms with van der Waals surface area (Å²) in [7, 11) is 3.43. The highest BCUT2D eigenvalue weighted by Gasteiger charge is 2.27. The molecule has 0 bridgehead atoms. The number of methoxy groups -OCH3 is 2. The van der Waals surface area contributed by atoms with Gasteiger partial charge in [-0.2, -0.15) is 11.8 Å². The van der Waals surface area contributed by atoms with E-state index in [2.05, 4.69) is 53.7 Å². The molecule has 2 rings (SSSR count). The van der Waals surface area contributed by atoms with Crippen LogP contribution in [0.5, 0.6) is 11.5 Å². The molecule has 1 aliphatic rings. The summed E-state index contributed by atoms with van der Waals surface area (Å²) in [6.07, 6.45) is 3.69. The number of aryl methyl sites for hydroxylation is 1. The second kappa shape index (κ2) is 8.49. The van der Waals surface area contributed by atoms with E-state index >= 15 is 0 Å². The van der Waals surface area contributed by atoms with E-state index in [1.54, 1.807) is 14.2 Å². The van der Waals surface area contributed by atoms with Crippen LogP contribution in [0.25, 0.3) is 0 Å². The second-order valence-corrected chi connectivity index (χ2v) is 8.16. The third-order valence-electron chi connectivity index (χ3n) is 4.52. The molecule has 0 aliphatic carbocycles. The molecular weight excluding hydrogens is 360 g/mol. The molecule has 0 fully saturated rings. The fourth-order valence-corrected chi connectivity index (χ4v) is 4.83. The van der Waals surface area contributed by atoms with Crippen molar-refractivity contribution in [2.24, 2.45) is 11.8 Å². The largest absolute Gasteiger partial charge is 0.493 e. The fourth-order valence-electron chi connectivity index (χ4n) is 3.05. The Hall–Kier alpha value is -0.350. The van der Waals surface area contributed by atoms with Gasteiger partial charge in [0, 0.05) is 10.6 Å². The predicted octanol–water partition coefficient (Wildman–Crippen LogP) is 5.48. The lowest BCUT2D eigenvalue weighted by molar-refractivity contribution is 0.353. The number of thioether (sulfide) groups is 1. The molecule has 0 amide bonds. The van der Waals surface area contributed by atoms with Gasteiger partial charge in [0.15, 0.2) is 11.5 Å². The van der Waals surface area contributed by atoms with Gasteiger partial charge in [0.05, 0.1) is 14.2 Å². The van der Waals surface area contributed by atoms with Crippen molar-refractivity contribution < 1.29 is 9.47 Å². The highest BCUT2D eigenvalue weighted by Crippen LogP contribution is 2.46. The van der Waals surface area contributed by atoms with Gasteiger partial charge >= 0.3 is 0 Å². The molecule has 0 saturated heterocycles. The van der Waals surface area contributed by atoms with E-state index in [-0.39, 0.29) is 0 Å². The van der Waals surface area contributed by atoms with Crippen LogP contribution in [0.1, 0.15) is 43.1 Å². The third-order valence-corrected chi connectivity index (χ3v) is 7.14. The second-order valence-electron chi connectivity index (χ2n) is 6.26. The van der Waals surface area contributed by atoms with Crippen LogP contribution < -0.4 is 9.47 Å². The predicted molar refractivity (Wildman–Crippen MR) is 99.8 cm³/mol. The molecule has 1 heterocycles. The Balaban J connectivity index is 2.19. The van der Waals surface area contributed by atoms with Crippen molar-refractivity contribution in [2.75, 3.05) is 25.3 Å². The summed E-state index contributed by atoms with van der Waals surface area (Å²) in [5.74, 6) is 4.35. The third kappa shape index (κ3) is 4.14. The minimum Gasteiger partial charge on any atom is -0.493 e. The van der Waals surface area contributed by atoms with Gasteiger partial charge in [-0.15, -0.1) is 0 Å². The molecule has 3 atom stereocenters. The first-order chi connectivity index (χ1) is 10.6. The Morgan fingerprint density at radius 1 is 1.18 bits per heavy atom. The molecule has 0 spiro atoms. The van der Waals surface area contributed by atoms with Crippen molar-refractivity contribution in [3.8, 4) is 11.5 Å². The Kier molecular flexibility index (Phi) is 6.94. The van der Waals surface area contributed by atoms with Crippen LogP contribution in [0, 0.1) is 11.8 Å². The Morgan fingerprint density at radius 3 is 2.50 bits per heavy atom. The molecule has 2 nitrogen and oxygen atoms in total. The first-order valence-corrected chi connectivity index (χ1v) is 10.2. The van der Waals surface area contributed by atoms with Crippen LogP contribution in [-0.4, -0.2) is 25.3 Å². The smallest absolute Gasteiger partial charge is 0.161 e. The van der Waals surface area contributed by atoms with Crippen molar-refractivity contribution >= 4 is 27.7 Å². The number of alkyl halides is 1. The zero-order chi connectivity index (χ0) is 16.1. The minimum atomic E-state index is 0.575. The number of fused-ring (bicyclic) bond motifs is 1. The molecule has 0 saturated carbocycles. The van der Waals surface area contributed by atoms with Crippen LogP contribution >= 0.6 is 27.7 Å². The van der Waals surface area contributed by atoms with E-state index in [9.17, 15) is 0 Å². The number of benzene rings is 1. The van der Waals surface area contributed by atoms with Crippen LogP contribution in [0.2, 0.25) is 0 Å². The Labute approximate surface area is 147 Å². The zero-order valence-electron chi connectivity index (χ0n) is 14.0. The van der Waals surface area contributed by atoms with Gasteiger partial charge in [0.2, 0.25) is 0 Å². The maximum atomic E-state index is 5.51. The molecule has 1 aromatic rings. The van der Waals surface area contributed by atoms with Crippen LogP contribution in [-0.2, 0) is 6.42 Å². The zero-order valence-corrected chi connectivity index (χ0v) is 16.4. The van der Waals surface area contributed by atoms with E-state index < -0.39 is 0 Å². The van der Waals surface area contributed by atoms with E-state index in [4.69, 9.17) is 9.47 Å². The van der Waals surface area contributed by atoms with E-state index in [0.717, 1.165) is 29.2 Å². The van der Waals surface area contributed by atoms with Crippen LogP contribution in [0.15, 0.2) is 12.1 Å². The number of hydrogen-bond donors (Lipinski definition) is 0. The SMILES string of the molecule is COc1cc2c(cc1OC)C(C(C)CCC(C)CBr)SCC2. The van der Waals surface area contributed by atoms with Crippen molar-refractivity contribution in [1.29, 1.82) is 0 Å². The van der Waals surface area contributed by atoms with Gasteiger partial charge in [-0.05, 0) is 60.1 Å². The minimum absolute atomic E-state index is 0.575. The lowest BCUT2D eigenvalue weighted by Crippen LogP contribution is -2.16. The monoisotopic (exact) mass is 386 g/mol. The van der Waals surface area contributed by atoms with Crippen LogP contribution in [0.3, 0.4) is 0 Å². The lowest BCUT2D eigenvalue weighted by Gasteiger charge is -2.31. The van der Waals surface area contributed by atoms with E-state index in [1.165, 1.54) is 29.7 Å². The Morgan fingerprint density at radius 2 is 1.86 bits per heavy atom. The maximum absolute atomic E-state index is 5.51. The highest BCUT2D eigenvalue weighted by molar-refractivity contribution is 9.09. The average Bonchev–Trinajstić information content (AvgIpc) is 2.57. The van der Waals surface area contributed by atoms with Gasteiger partial charge in [-0.1, -0.05) is 29.8 Å². The fraction of sp³-hybridized carbons (Fsp3) is 0.667. The van der Waals surface area contributed by atoms with Gasteiger partial charge in [-0.25, -0.2) is 0 Å². The van der Waals surface area contributed by atoms with Crippen molar-refractivity contribution in [3.63, 3.8) is 0 Å². The summed E-state index contributed by atoms with van der Waals surface area (Å²) in [5, 5.41) is 1.67. The van der Waals surface area contributed by atoms with Crippen molar-refractivity contribution in [1.82, 2.24) is 0 Å². The summed E-state index contributed by atoms with van der Waals surface area (Å²) < 4.78 is 11.0. The van der Waals surface area contributed by atoms with Crippen LogP contribution in [0.4, 0.5) is 0 Å². The summed E-state index contributed by atoms with van der Waals surface area (Å²) in [5.41, 5.74) is 2.88. The van der Waals surface area contributed by atoms with Gasteiger partial charge in [0.25, 0.3) is 0 Å². The molecule has 0 aromatic heterocycles. The number of ether oxygens (including phenoxy) is 2. The van der Waals surface area contributed by atoms with Crippen molar-refractivity contribution in [3.05, 3.63) is 23.3 Å². The molecular formula is C18H27BrO2S. The molecule has 1 aliphatic heterocycles. The molecule has 124 valence electrons. The normalized spacial score (nSPS) is 20.1. The standard InChI is InChI=1S/C18H27BrO2S/c1-12(11-19)5-6-13(2)18-15-10-17(21-4)16(20-3)9-14(15)7-8-22-18/h9-10,12-13,18H,5-8,11H2,1-4H3. The molecule has 22 heavy (non-hydrogen) atoms.